The molecule has 0 bridgehead atoms. The van der Waals surface area contributed by atoms with E-state index in [1.807, 2.05) is 4.90 Å². The van der Waals surface area contributed by atoms with Crippen molar-refractivity contribution in [1.29, 1.82) is 0 Å². The first kappa shape index (κ1) is 27.8. The summed E-state index contributed by atoms with van der Waals surface area (Å²) in [6.07, 6.45) is -8.69. The Morgan fingerprint density at radius 1 is 1.08 bits per heavy atom. The van der Waals surface area contributed by atoms with E-state index in [0.29, 0.717) is 63.1 Å². The molecule has 4 rings (SSSR count). The highest BCUT2D eigenvalue weighted by Gasteiger charge is 2.39. The maximum atomic E-state index is 13.2. The normalized spacial score (nSPS) is 19.2. The molecule has 1 aromatic heterocycles. The molecule has 0 unspecified atom stereocenters. The van der Waals surface area contributed by atoms with Crippen molar-refractivity contribution in [3.63, 3.8) is 0 Å². The molecule has 0 saturated carbocycles. The smallest absolute Gasteiger partial charge is 0.380 e. The molecule has 1 atom stereocenters. The van der Waals surface area contributed by atoms with Crippen LogP contribution in [-0.4, -0.2) is 82.7 Å². The summed E-state index contributed by atoms with van der Waals surface area (Å²) in [4.78, 5) is 27.9. The maximum Gasteiger partial charge on any atom is 0.445 e. The Balaban J connectivity index is 1.23. The molecule has 2 saturated heterocycles. The van der Waals surface area contributed by atoms with Gasteiger partial charge in [0.2, 0.25) is 16.0 Å². The van der Waals surface area contributed by atoms with Crippen LogP contribution in [0.4, 0.5) is 42.8 Å². The lowest BCUT2D eigenvalue weighted by Gasteiger charge is -2.34. The Hall–Kier alpha value is -3.21. The molecule has 2 aliphatic rings. The Labute approximate surface area is 216 Å². The van der Waals surface area contributed by atoms with E-state index in [9.17, 15) is 41.3 Å². The van der Waals surface area contributed by atoms with Crippen molar-refractivity contribution in [2.45, 2.75) is 31.2 Å². The number of nitro benzene ring substituents is 1. The van der Waals surface area contributed by atoms with Gasteiger partial charge < -0.3 is 15.1 Å². The Morgan fingerprint density at radius 3 is 2.39 bits per heavy atom. The molecular formula is C21H23F6N7O3S. The SMILES string of the molecule is O=C(CCN1CCN(c2nnc(C(F)(F)F)s2)CC1)N1CC[C@H](Nc2ccc([N+](=O)[O-])c(C(F)(F)F)c2)C1. The molecule has 208 valence electrons. The van der Waals surface area contributed by atoms with Crippen LogP contribution in [-0.2, 0) is 17.1 Å². The van der Waals surface area contributed by atoms with E-state index in [2.05, 4.69) is 15.5 Å². The highest BCUT2D eigenvalue weighted by atomic mass is 32.1. The fourth-order valence-electron chi connectivity index (χ4n) is 4.38. The molecule has 0 aliphatic carbocycles. The summed E-state index contributed by atoms with van der Waals surface area (Å²) < 4.78 is 77.9. The lowest BCUT2D eigenvalue weighted by atomic mass is 10.1. The zero-order valence-corrected chi connectivity index (χ0v) is 20.6. The predicted octanol–water partition coefficient (Wildman–Crippen LogP) is 3.71. The molecule has 2 aliphatic heterocycles. The lowest BCUT2D eigenvalue weighted by molar-refractivity contribution is -0.388. The number of amides is 1. The van der Waals surface area contributed by atoms with Gasteiger partial charge in [0.25, 0.3) is 5.69 Å². The largest absolute Gasteiger partial charge is 0.445 e. The van der Waals surface area contributed by atoms with Crippen LogP contribution in [0.25, 0.3) is 0 Å². The average molecular weight is 568 g/mol. The molecule has 2 fully saturated rings. The van der Waals surface area contributed by atoms with Crippen molar-refractivity contribution >= 4 is 33.8 Å². The summed E-state index contributed by atoms with van der Waals surface area (Å²) >= 11 is 0.495. The van der Waals surface area contributed by atoms with Gasteiger partial charge in [0.15, 0.2) is 0 Å². The number of nitrogens with one attached hydrogen (secondary N) is 1. The van der Waals surface area contributed by atoms with Gasteiger partial charge in [-0.2, -0.15) is 26.3 Å². The van der Waals surface area contributed by atoms with Crippen molar-refractivity contribution in [3.8, 4) is 0 Å². The second-order valence-corrected chi connectivity index (χ2v) is 9.88. The number of likely N-dealkylation sites (tertiary alicyclic amines) is 1. The summed E-state index contributed by atoms with van der Waals surface area (Å²) in [6.45, 7) is 3.14. The Morgan fingerprint density at radius 2 is 1.79 bits per heavy atom. The monoisotopic (exact) mass is 567 g/mol. The van der Waals surface area contributed by atoms with Gasteiger partial charge in [-0.3, -0.25) is 19.8 Å². The number of aromatic nitrogens is 2. The number of hydrogen-bond donors (Lipinski definition) is 1. The third-order valence-electron chi connectivity index (χ3n) is 6.35. The fraction of sp³-hybridized carbons (Fsp3) is 0.571. The van der Waals surface area contributed by atoms with E-state index >= 15 is 0 Å². The van der Waals surface area contributed by atoms with E-state index in [1.165, 1.54) is 6.07 Å². The third-order valence-corrected chi connectivity index (χ3v) is 7.38. The number of nitrogens with zero attached hydrogens (tertiary/aromatic N) is 6. The number of rotatable bonds is 7. The summed E-state index contributed by atoms with van der Waals surface area (Å²) in [6, 6.07) is 2.42. The topological polar surface area (TPSA) is 108 Å². The first-order chi connectivity index (χ1) is 17.8. The van der Waals surface area contributed by atoms with E-state index in [4.69, 9.17) is 0 Å². The number of benzene rings is 1. The molecule has 3 heterocycles. The van der Waals surface area contributed by atoms with Crippen molar-refractivity contribution in [1.82, 2.24) is 20.0 Å². The summed E-state index contributed by atoms with van der Waals surface area (Å²) in [5.41, 5.74) is -2.29. The van der Waals surface area contributed by atoms with Crippen molar-refractivity contribution < 1.29 is 36.1 Å². The number of halogens is 6. The highest BCUT2D eigenvalue weighted by molar-refractivity contribution is 7.15. The van der Waals surface area contributed by atoms with Crippen LogP contribution in [0.15, 0.2) is 18.2 Å². The number of carbonyl (C=O) groups is 1. The van der Waals surface area contributed by atoms with Crippen molar-refractivity contribution in [2.24, 2.45) is 0 Å². The fourth-order valence-corrected chi connectivity index (χ4v) is 5.15. The zero-order chi connectivity index (χ0) is 27.7. The van der Waals surface area contributed by atoms with Gasteiger partial charge in [0.1, 0.15) is 5.56 Å². The van der Waals surface area contributed by atoms with E-state index in [1.54, 1.807) is 9.80 Å². The second kappa shape index (κ2) is 10.9. The van der Waals surface area contributed by atoms with Crippen molar-refractivity contribution in [3.05, 3.63) is 38.9 Å². The molecule has 17 heteroatoms. The quantitative estimate of drug-likeness (QED) is 0.307. The molecule has 0 radical (unpaired) electrons. The maximum absolute atomic E-state index is 13.2. The summed E-state index contributed by atoms with van der Waals surface area (Å²) in [5.74, 6) is -0.115. The van der Waals surface area contributed by atoms with Gasteiger partial charge in [-0.1, -0.05) is 11.3 Å². The number of nitro groups is 1. The van der Waals surface area contributed by atoms with Crippen LogP contribution in [0, 0.1) is 10.1 Å². The van der Waals surface area contributed by atoms with Crippen LogP contribution in [0.3, 0.4) is 0 Å². The molecule has 0 spiro atoms. The first-order valence-corrected chi connectivity index (χ1v) is 12.4. The molecular weight excluding hydrogens is 544 g/mol. The summed E-state index contributed by atoms with van der Waals surface area (Å²) in [7, 11) is 0. The van der Waals surface area contributed by atoms with Crippen LogP contribution in [0.1, 0.15) is 23.4 Å². The van der Waals surface area contributed by atoms with E-state index in [-0.39, 0.29) is 35.7 Å². The third kappa shape index (κ3) is 6.61. The second-order valence-electron chi connectivity index (χ2n) is 8.92. The molecule has 1 N–H and O–H groups in total. The minimum absolute atomic E-state index is 0.0814. The average Bonchev–Trinajstić information content (AvgIpc) is 3.52. The lowest BCUT2D eigenvalue weighted by Crippen LogP contribution is -2.47. The molecule has 10 nitrogen and oxygen atoms in total. The molecule has 38 heavy (non-hydrogen) atoms. The number of hydrogen-bond acceptors (Lipinski definition) is 9. The van der Waals surface area contributed by atoms with Gasteiger partial charge in [0.05, 0.1) is 4.92 Å². The zero-order valence-electron chi connectivity index (χ0n) is 19.8. The minimum Gasteiger partial charge on any atom is -0.380 e. The molecule has 1 aromatic carbocycles. The van der Waals surface area contributed by atoms with Gasteiger partial charge >= 0.3 is 12.4 Å². The highest BCUT2D eigenvalue weighted by Crippen LogP contribution is 2.38. The van der Waals surface area contributed by atoms with Gasteiger partial charge in [-0.05, 0) is 18.6 Å². The number of carbonyl (C=O) groups excluding carboxylic acids is 1. The Bertz CT molecular complexity index is 1170. The molecule has 2 aromatic rings. The number of anilines is 2. The summed E-state index contributed by atoms with van der Waals surface area (Å²) in [5, 5.41) is 19.9. The van der Waals surface area contributed by atoms with Crippen LogP contribution in [0.5, 0.6) is 0 Å². The van der Waals surface area contributed by atoms with E-state index < -0.39 is 33.5 Å². The van der Waals surface area contributed by atoms with Crippen LogP contribution < -0.4 is 10.2 Å². The predicted molar refractivity (Wildman–Crippen MR) is 125 cm³/mol. The minimum atomic E-state index is -4.88. The van der Waals surface area contributed by atoms with Crippen LogP contribution in [0.2, 0.25) is 0 Å². The molecule has 1 amide bonds. The number of alkyl halides is 6. The van der Waals surface area contributed by atoms with E-state index in [0.717, 1.165) is 6.07 Å². The van der Waals surface area contributed by atoms with Gasteiger partial charge in [0, 0.05) is 70.0 Å². The van der Waals surface area contributed by atoms with Crippen LogP contribution >= 0.6 is 11.3 Å². The first-order valence-electron chi connectivity index (χ1n) is 11.6. The van der Waals surface area contributed by atoms with Gasteiger partial charge in [-0.25, -0.2) is 0 Å². The number of piperazine rings is 1. The standard InChI is InChI=1S/C21H23F6N7O3S/c22-20(23,24)15-11-13(1-2-16(15)34(36)37)28-14-3-6-33(12-14)17(35)4-5-31-7-9-32(10-8-31)19-30-29-18(38-19)21(25,26)27/h1-2,11,14,28H,3-10,12H2/t14-/m0/s1. The Kier molecular flexibility index (Phi) is 7.96. The van der Waals surface area contributed by atoms with Gasteiger partial charge in [-0.15, -0.1) is 10.2 Å². The van der Waals surface area contributed by atoms with Crippen molar-refractivity contribution in [2.75, 3.05) is 56.0 Å².